The molecule has 0 aliphatic carbocycles. The molecule has 6 nitrogen and oxygen atoms in total. The Bertz CT molecular complexity index is 542. The van der Waals surface area contributed by atoms with Gasteiger partial charge in [0.05, 0.1) is 5.56 Å². The van der Waals surface area contributed by atoms with Crippen molar-refractivity contribution in [3.05, 3.63) is 40.5 Å². The van der Waals surface area contributed by atoms with Gasteiger partial charge in [0.2, 0.25) is 5.89 Å². The number of hydrogen-bond acceptors (Lipinski definition) is 5. The fourth-order valence-electron chi connectivity index (χ4n) is 1.42. The van der Waals surface area contributed by atoms with Crippen LogP contribution in [0.5, 0.6) is 0 Å². The third kappa shape index (κ3) is 3.07. The van der Waals surface area contributed by atoms with E-state index >= 15 is 0 Å². The molecule has 0 fully saturated rings. The molecule has 2 N–H and O–H groups in total. The number of hydrogen-bond donors (Lipinski definition) is 2. The minimum atomic E-state index is -0.959. The van der Waals surface area contributed by atoms with Gasteiger partial charge in [0.15, 0.2) is 6.33 Å². The van der Waals surface area contributed by atoms with E-state index in [-0.39, 0.29) is 5.56 Å². The second-order valence-corrected chi connectivity index (χ2v) is 4.37. The second kappa shape index (κ2) is 5.63. The highest BCUT2D eigenvalue weighted by molar-refractivity contribution is 9.10. The quantitative estimate of drug-likeness (QED) is 0.880. The predicted molar refractivity (Wildman–Crippen MR) is 67.6 cm³/mol. The average Bonchev–Trinajstić information content (AvgIpc) is 2.81. The maximum Gasteiger partial charge on any atom is 0.336 e. The van der Waals surface area contributed by atoms with E-state index < -0.39 is 5.97 Å². The van der Waals surface area contributed by atoms with Crippen LogP contribution in [0.3, 0.4) is 0 Å². The first-order chi connectivity index (χ1) is 8.66. The van der Waals surface area contributed by atoms with E-state index in [1.165, 1.54) is 6.33 Å². The van der Waals surface area contributed by atoms with E-state index in [2.05, 4.69) is 31.4 Å². The van der Waals surface area contributed by atoms with Gasteiger partial charge in [-0.15, -0.1) is 0 Å². The highest BCUT2D eigenvalue weighted by Crippen LogP contribution is 2.21. The normalized spacial score (nSPS) is 10.3. The maximum absolute atomic E-state index is 10.8. The zero-order chi connectivity index (χ0) is 13.0. The van der Waals surface area contributed by atoms with Gasteiger partial charge in [-0.05, 0) is 34.1 Å². The van der Waals surface area contributed by atoms with Crippen LogP contribution < -0.4 is 5.32 Å². The lowest BCUT2D eigenvalue weighted by Gasteiger charge is -2.06. The number of carboxylic acid groups (broad SMARTS) is 1. The molecule has 1 aromatic heterocycles. The van der Waals surface area contributed by atoms with Crippen LogP contribution in [0.4, 0.5) is 5.69 Å². The van der Waals surface area contributed by atoms with Gasteiger partial charge in [0.25, 0.3) is 0 Å². The molecule has 0 saturated carbocycles. The van der Waals surface area contributed by atoms with E-state index in [0.29, 0.717) is 23.3 Å². The summed E-state index contributed by atoms with van der Waals surface area (Å²) >= 11 is 3.22. The predicted octanol–water partition coefficient (Wildman–Crippen LogP) is 2.18. The first-order valence-corrected chi connectivity index (χ1v) is 5.98. The Morgan fingerprint density at radius 3 is 2.94 bits per heavy atom. The van der Waals surface area contributed by atoms with Crippen LogP contribution in [-0.2, 0) is 6.42 Å². The Hall–Kier alpha value is -1.89. The van der Waals surface area contributed by atoms with Crippen molar-refractivity contribution in [2.45, 2.75) is 6.42 Å². The molecule has 0 radical (unpaired) electrons. The lowest BCUT2D eigenvalue weighted by molar-refractivity contribution is 0.0696. The molecular formula is C11H10BrN3O3. The van der Waals surface area contributed by atoms with Crippen LogP contribution in [-0.4, -0.2) is 27.8 Å². The summed E-state index contributed by atoms with van der Waals surface area (Å²) in [4.78, 5) is 14.7. The fourth-order valence-corrected chi connectivity index (χ4v) is 1.97. The first-order valence-electron chi connectivity index (χ1n) is 5.19. The molecule has 0 unspecified atom stereocenters. The molecule has 7 heteroatoms. The standard InChI is InChI=1S/C11H10BrN3O3/c12-9-5-7(1-2-8(9)11(16)17)13-4-3-10-14-6-15-18-10/h1-2,5-6,13H,3-4H2,(H,16,17). The Morgan fingerprint density at radius 1 is 1.50 bits per heavy atom. The number of carbonyl (C=O) groups is 1. The number of nitrogens with one attached hydrogen (secondary N) is 1. The molecular weight excluding hydrogens is 302 g/mol. The summed E-state index contributed by atoms with van der Waals surface area (Å²) in [5, 5.41) is 15.5. The second-order valence-electron chi connectivity index (χ2n) is 3.51. The van der Waals surface area contributed by atoms with Gasteiger partial charge in [-0.1, -0.05) is 5.16 Å². The van der Waals surface area contributed by atoms with Crippen LogP contribution in [0.15, 0.2) is 33.5 Å². The number of nitrogens with zero attached hydrogens (tertiary/aromatic N) is 2. The molecule has 0 spiro atoms. The Balaban J connectivity index is 1.94. The van der Waals surface area contributed by atoms with Crippen molar-refractivity contribution in [2.75, 3.05) is 11.9 Å². The Kier molecular flexibility index (Phi) is 3.93. The molecule has 18 heavy (non-hydrogen) atoms. The third-order valence-electron chi connectivity index (χ3n) is 2.27. The van der Waals surface area contributed by atoms with E-state index in [1.54, 1.807) is 18.2 Å². The third-order valence-corrected chi connectivity index (χ3v) is 2.93. The van der Waals surface area contributed by atoms with Crippen molar-refractivity contribution in [3.63, 3.8) is 0 Å². The molecule has 0 bridgehead atoms. The molecule has 0 aliphatic rings. The van der Waals surface area contributed by atoms with Crippen LogP contribution in [0.2, 0.25) is 0 Å². The molecule has 0 saturated heterocycles. The minimum absolute atomic E-state index is 0.234. The van der Waals surface area contributed by atoms with Crippen molar-refractivity contribution in [3.8, 4) is 0 Å². The van der Waals surface area contributed by atoms with Crippen molar-refractivity contribution in [1.29, 1.82) is 0 Å². The zero-order valence-corrected chi connectivity index (χ0v) is 10.8. The molecule has 0 amide bonds. The van der Waals surface area contributed by atoms with Gasteiger partial charge >= 0.3 is 5.97 Å². The van der Waals surface area contributed by atoms with Crippen LogP contribution in [0, 0.1) is 0 Å². The molecule has 0 atom stereocenters. The Labute approximate surface area is 111 Å². The van der Waals surface area contributed by atoms with E-state index in [4.69, 9.17) is 9.63 Å². The first kappa shape index (κ1) is 12.6. The highest BCUT2D eigenvalue weighted by Gasteiger charge is 2.08. The van der Waals surface area contributed by atoms with Gasteiger partial charge < -0.3 is 14.9 Å². The van der Waals surface area contributed by atoms with E-state index in [9.17, 15) is 4.79 Å². The van der Waals surface area contributed by atoms with Crippen LogP contribution in [0.25, 0.3) is 0 Å². The number of carboxylic acids is 1. The molecule has 1 heterocycles. The topological polar surface area (TPSA) is 88.2 Å². The summed E-state index contributed by atoms with van der Waals surface area (Å²) < 4.78 is 5.40. The summed E-state index contributed by atoms with van der Waals surface area (Å²) in [6.07, 6.45) is 1.96. The van der Waals surface area contributed by atoms with Crippen LogP contribution >= 0.6 is 15.9 Å². The molecule has 94 valence electrons. The summed E-state index contributed by atoms with van der Waals surface area (Å²) in [5.74, 6) is -0.400. The smallest absolute Gasteiger partial charge is 0.336 e. The number of aromatic carboxylic acids is 1. The van der Waals surface area contributed by atoms with E-state index in [1.807, 2.05) is 0 Å². The van der Waals surface area contributed by atoms with Crippen molar-refractivity contribution < 1.29 is 14.4 Å². The van der Waals surface area contributed by atoms with Gasteiger partial charge in [-0.2, -0.15) is 4.98 Å². The molecule has 2 rings (SSSR count). The van der Waals surface area contributed by atoms with E-state index in [0.717, 1.165) is 5.69 Å². The van der Waals surface area contributed by atoms with Gasteiger partial charge in [-0.3, -0.25) is 0 Å². The molecule has 0 aliphatic heterocycles. The minimum Gasteiger partial charge on any atom is -0.478 e. The highest BCUT2D eigenvalue weighted by atomic mass is 79.9. The summed E-state index contributed by atoms with van der Waals surface area (Å²) in [6.45, 7) is 0.626. The maximum atomic E-state index is 10.8. The largest absolute Gasteiger partial charge is 0.478 e. The summed E-state index contributed by atoms with van der Waals surface area (Å²) in [6, 6.07) is 4.97. The summed E-state index contributed by atoms with van der Waals surface area (Å²) in [5.41, 5.74) is 1.06. The van der Waals surface area contributed by atoms with Crippen molar-refractivity contribution >= 4 is 27.6 Å². The zero-order valence-electron chi connectivity index (χ0n) is 9.26. The molecule has 2 aromatic rings. The lowest BCUT2D eigenvalue weighted by Crippen LogP contribution is -2.06. The number of benzene rings is 1. The average molecular weight is 312 g/mol. The summed E-state index contributed by atoms with van der Waals surface area (Å²) in [7, 11) is 0. The van der Waals surface area contributed by atoms with Gasteiger partial charge in [-0.25, -0.2) is 4.79 Å². The number of rotatable bonds is 5. The van der Waals surface area contributed by atoms with Crippen molar-refractivity contribution in [2.24, 2.45) is 0 Å². The number of anilines is 1. The monoisotopic (exact) mass is 311 g/mol. The molecule has 1 aromatic carbocycles. The van der Waals surface area contributed by atoms with Gasteiger partial charge in [0.1, 0.15) is 0 Å². The fraction of sp³-hybridized carbons (Fsp3) is 0.182. The lowest BCUT2D eigenvalue weighted by atomic mass is 10.2. The Morgan fingerprint density at radius 2 is 2.33 bits per heavy atom. The SMILES string of the molecule is O=C(O)c1ccc(NCCc2ncno2)cc1Br. The van der Waals surface area contributed by atoms with Gasteiger partial charge in [0, 0.05) is 23.1 Å². The van der Waals surface area contributed by atoms with Crippen molar-refractivity contribution in [1.82, 2.24) is 10.1 Å². The number of halogens is 1. The van der Waals surface area contributed by atoms with Crippen LogP contribution in [0.1, 0.15) is 16.2 Å². The number of aromatic nitrogens is 2.